The summed E-state index contributed by atoms with van der Waals surface area (Å²) in [6, 6.07) is 4.62. The molecule has 1 N–H and O–H groups in total. The van der Waals surface area contributed by atoms with Crippen molar-refractivity contribution in [1.29, 1.82) is 0 Å². The molecule has 0 spiro atoms. The van der Waals surface area contributed by atoms with Crippen LogP contribution in [0.15, 0.2) is 24.3 Å². The van der Waals surface area contributed by atoms with Crippen LogP contribution in [-0.4, -0.2) is 29.9 Å². The van der Waals surface area contributed by atoms with Gasteiger partial charge < -0.3 is 5.32 Å². The van der Waals surface area contributed by atoms with Crippen LogP contribution in [-0.2, 0) is 11.0 Å². The van der Waals surface area contributed by atoms with Crippen molar-refractivity contribution >= 4 is 11.6 Å². The normalized spacial score (nSPS) is 19.0. The first-order chi connectivity index (χ1) is 10.3. The second-order valence-corrected chi connectivity index (χ2v) is 5.93. The van der Waals surface area contributed by atoms with Gasteiger partial charge in [-0.05, 0) is 50.9 Å². The number of carbonyl (C=O) groups excluding carboxylic acids is 1. The maximum atomic E-state index is 12.9. The van der Waals surface area contributed by atoms with Gasteiger partial charge in [0.05, 0.1) is 17.3 Å². The second kappa shape index (κ2) is 6.69. The molecule has 0 saturated carbocycles. The Bertz CT molecular complexity index is 522. The van der Waals surface area contributed by atoms with Gasteiger partial charge in [-0.25, -0.2) is 0 Å². The van der Waals surface area contributed by atoms with Crippen molar-refractivity contribution in [2.24, 2.45) is 5.92 Å². The van der Waals surface area contributed by atoms with Crippen molar-refractivity contribution in [2.75, 3.05) is 18.4 Å². The van der Waals surface area contributed by atoms with Crippen LogP contribution in [0.5, 0.6) is 0 Å². The quantitative estimate of drug-likeness (QED) is 0.921. The molecule has 1 saturated heterocycles. The minimum Gasteiger partial charge on any atom is -0.324 e. The smallest absolute Gasteiger partial charge is 0.324 e. The largest absolute Gasteiger partial charge is 0.418 e. The fourth-order valence-corrected chi connectivity index (χ4v) is 2.66. The molecule has 2 rings (SSSR count). The molecule has 122 valence electrons. The number of amides is 1. The number of nitrogens with one attached hydrogen (secondary N) is 1. The van der Waals surface area contributed by atoms with E-state index in [2.05, 4.69) is 12.2 Å². The molecule has 1 aromatic carbocycles. The van der Waals surface area contributed by atoms with Crippen LogP contribution < -0.4 is 5.32 Å². The van der Waals surface area contributed by atoms with Crippen LogP contribution >= 0.6 is 0 Å². The molecular formula is C16H21F3N2O. The lowest BCUT2D eigenvalue weighted by Crippen LogP contribution is -2.45. The first-order valence-corrected chi connectivity index (χ1v) is 7.50. The van der Waals surface area contributed by atoms with Gasteiger partial charge in [0.2, 0.25) is 5.91 Å². The average Bonchev–Trinajstić information content (AvgIpc) is 2.46. The van der Waals surface area contributed by atoms with Crippen molar-refractivity contribution in [3.63, 3.8) is 0 Å². The predicted octanol–water partition coefficient (Wildman–Crippen LogP) is 3.76. The summed E-state index contributed by atoms with van der Waals surface area (Å²) >= 11 is 0. The van der Waals surface area contributed by atoms with E-state index in [1.165, 1.54) is 18.2 Å². The number of likely N-dealkylation sites (tertiary alicyclic amines) is 1. The van der Waals surface area contributed by atoms with E-state index in [1.54, 1.807) is 6.92 Å². The van der Waals surface area contributed by atoms with Gasteiger partial charge in [-0.2, -0.15) is 13.2 Å². The molecule has 1 heterocycles. The fraction of sp³-hybridized carbons (Fsp3) is 0.562. The third-order valence-corrected chi connectivity index (χ3v) is 4.24. The molecule has 1 aliphatic heterocycles. The van der Waals surface area contributed by atoms with Gasteiger partial charge in [-0.1, -0.05) is 19.1 Å². The topological polar surface area (TPSA) is 32.3 Å². The van der Waals surface area contributed by atoms with E-state index in [0.717, 1.165) is 32.0 Å². The molecule has 1 fully saturated rings. The van der Waals surface area contributed by atoms with Crippen molar-refractivity contribution in [1.82, 2.24) is 4.90 Å². The monoisotopic (exact) mass is 314 g/mol. The lowest BCUT2D eigenvalue weighted by Gasteiger charge is -2.34. The number of nitrogens with zero attached hydrogens (tertiary/aromatic N) is 1. The molecule has 22 heavy (non-hydrogen) atoms. The minimum absolute atomic E-state index is 0.183. The fourth-order valence-electron chi connectivity index (χ4n) is 2.66. The number of carbonyl (C=O) groups is 1. The Hall–Kier alpha value is -1.56. The molecular weight excluding hydrogens is 293 g/mol. The Morgan fingerprint density at radius 2 is 1.86 bits per heavy atom. The van der Waals surface area contributed by atoms with Gasteiger partial charge in [0, 0.05) is 0 Å². The first-order valence-electron chi connectivity index (χ1n) is 7.50. The number of hydrogen-bond acceptors (Lipinski definition) is 2. The van der Waals surface area contributed by atoms with E-state index in [9.17, 15) is 18.0 Å². The summed E-state index contributed by atoms with van der Waals surface area (Å²) in [5.74, 6) is 0.240. The predicted molar refractivity (Wildman–Crippen MR) is 79.5 cm³/mol. The van der Waals surface area contributed by atoms with E-state index < -0.39 is 23.7 Å². The van der Waals surface area contributed by atoms with Crippen molar-refractivity contribution < 1.29 is 18.0 Å². The van der Waals surface area contributed by atoms with Crippen molar-refractivity contribution in [2.45, 2.75) is 38.9 Å². The van der Waals surface area contributed by atoms with E-state index in [0.29, 0.717) is 5.92 Å². The van der Waals surface area contributed by atoms with Gasteiger partial charge in [-0.15, -0.1) is 0 Å². The Morgan fingerprint density at radius 3 is 2.45 bits per heavy atom. The highest BCUT2D eigenvalue weighted by atomic mass is 19.4. The number of hydrogen-bond donors (Lipinski definition) is 1. The van der Waals surface area contributed by atoms with Crippen LogP contribution in [0.2, 0.25) is 0 Å². The molecule has 1 atom stereocenters. The van der Waals surface area contributed by atoms with Gasteiger partial charge in [0.15, 0.2) is 0 Å². The summed E-state index contributed by atoms with van der Waals surface area (Å²) in [5, 5.41) is 2.42. The minimum atomic E-state index is -4.48. The van der Waals surface area contributed by atoms with Gasteiger partial charge in [0.25, 0.3) is 0 Å². The summed E-state index contributed by atoms with van der Waals surface area (Å²) < 4.78 is 38.8. The average molecular weight is 314 g/mol. The maximum absolute atomic E-state index is 12.9. The Kier molecular flexibility index (Phi) is 5.11. The zero-order valence-electron chi connectivity index (χ0n) is 12.8. The second-order valence-electron chi connectivity index (χ2n) is 5.93. The summed E-state index contributed by atoms with van der Waals surface area (Å²) in [4.78, 5) is 14.3. The molecule has 0 aromatic heterocycles. The number of anilines is 1. The number of benzene rings is 1. The van der Waals surface area contributed by atoms with E-state index in [-0.39, 0.29) is 5.69 Å². The summed E-state index contributed by atoms with van der Waals surface area (Å²) in [6.45, 7) is 5.51. The highest BCUT2D eigenvalue weighted by molar-refractivity contribution is 5.95. The number of piperidine rings is 1. The summed E-state index contributed by atoms with van der Waals surface area (Å²) in [6.07, 6.45) is -2.46. The molecule has 1 aromatic rings. The Morgan fingerprint density at radius 1 is 1.27 bits per heavy atom. The molecule has 1 amide bonds. The maximum Gasteiger partial charge on any atom is 0.418 e. The van der Waals surface area contributed by atoms with Gasteiger partial charge in [-0.3, -0.25) is 9.69 Å². The van der Waals surface area contributed by atoms with E-state index in [1.807, 2.05) is 4.90 Å². The standard InChI is InChI=1S/C16H21F3N2O/c1-11-7-9-21(10-8-11)12(2)15(22)20-14-6-4-3-5-13(14)16(17,18)19/h3-6,11-12H,7-10H2,1-2H3,(H,20,22). The van der Waals surface area contributed by atoms with E-state index >= 15 is 0 Å². The van der Waals surface area contributed by atoms with Gasteiger partial charge >= 0.3 is 6.18 Å². The summed E-state index contributed by atoms with van der Waals surface area (Å²) in [5.41, 5.74) is -1.000. The van der Waals surface area contributed by atoms with Crippen LogP contribution in [0.4, 0.5) is 18.9 Å². The van der Waals surface area contributed by atoms with Crippen LogP contribution in [0.1, 0.15) is 32.3 Å². The molecule has 6 heteroatoms. The third kappa shape index (κ3) is 4.00. The lowest BCUT2D eigenvalue weighted by molar-refractivity contribution is -0.137. The Balaban J connectivity index is 2.06. The van der Waals surface area contributed by atoms with Crippen molar-refractivity contribution in [3.8, 4) is 0 Å². The summed E-state index contributed by atoms with van der Waals surface area (Å²) in [7, 11) is 0. The molecule has 1 aliphatic rings. The zero-order chi connectivity index (χ0) is 16.3. The first kappa shape index (κ1) is 16.8. The molecule has 3 nitrogen and oxygen atoms in total. The van der Waals surface area contributed by atoms with Crippen LogP contribution in [0.3, 0.4) is 0 Å². The van der Waals surface area contributed by atoms with Crippen molar-refractivity contribution in [3.05, 3.63) is 29.8 Å². The zero-order valence-corrected chi connectivity index (χ0v) is 12.8. The Labute approximate surface area is 128 Å². The van der Waals surface area contributed by atoms with Crippen LogP contribution in [0, 0.1) is 5.92 Å². The SMILES string of the molecule is CC1CCN(C(C)C(=O)Nc2ccccc2C(F)(F)F)CC1. The van der Waals surface area contributed by atoms with Crippen LogP contribution in [0.25, 0.3) is 0 Å². The highest BCUT2D eigenvalue weighted by Gasteiger charge is 2.34. The van der Waals surface area contributed by atoms with Gasteiger partial charge in [0.1, 0.15) is 0 Å². The number of alkyl halides is 3. The molecule has 0 bridgehead atoms. The number of rotatable bonds is 3. The third-order valence-electron chi connectivity index (χ3n) is 4.24. The molecule has 0 radical (unpaired) electrons. The highest BCUT2D eigenvalue weighted by Crippen LogP contribution is 2.34. The lowest BCUT2D eigenvalue weighted by atomic mass is 9.98. The molecule has 1 unspecified atom stereocenters. The number of para-hydroxylation sites is 1. The molecule has 0 aliphatic carbocycles. The van der Waals surface area contributed by atoms with E-state index in [4.69, 9.17) is 0 Å². The number of halogens is 3.